The van der Waals surface area contributed by atoms with Crippen LogP contribution in [0.1, 0.15) is 25.0 Å². The molecule has 0 aromatic heterocycles. The molecule has 3 nitrogen and oxygen atoms in total. The Labute approximate surface area is 159 Å². The zero-order valence-corrected chi connectivity index (χ0v) is 16.5. The number of halogens is 2. The summed E-state index contributed by atoms with van der Waals surface area (Å²) in [6.07, 6.45) is 1.79. The van der Waals surface area contributed by atoms with Gasteiger partial charge in [0.25, 0.3) is 0 Å². The molecule has 2 aromatic rings. The molecule has 5 heteroatoms. The summed E-state index contributed by atoms with van der Waals surface area (Å²) in [5.74, 6) is -0.625. The van der Waals surface area contributed by atoms with Crippen molar-refractivity contribution < 1.29 is 18.6 Å². The second-order valence-corrected chi connectivity index (χ2v) is 7.15. The fourth-order valence-electron chi connectivity index (χ4n) is 3.44. The number of hydrogen-bond acceptors (Lipinski definition) is 3. The highest BCUT2D eigenvalue weighted by Crippen LogP contribution is 2.42. The SMILES string of the molecule is COc1ccc(F)cc1C(O)(C(C)=Cc1ccc(F)cc1)C(C)CN(C)C. The van der Waals surface area contributed by atoms with Crippen molar-refractivity contribution in [2.45, 2.75) is 19.4 Å². The van der Waals surface area contributed by atoms with Gasteiger partial charge in [0.05, 0.1) is 7.11 Å². The summed E-state index contributed by atoms with van der Waals surface area (Å²) in [6, 6.07) is 10.1. The summed E-state index contributed by atoms with van der Waals surface area (Å²) in [5, 5.41) is 11.8. The van der Waals surface area contributed by atoms with Crippen molar-refractivity contribution in [3.05, 3.63) is 70.8 Å². The van der Waals surface area contributed by atoms with E-state index >= 15 is 0 Å². The van der Waals surface area contributed by atoms with Crippen molar-refractivity contribution in [2.75, 3.05) is 27.7 Å². The van der Waals surface area contributed by atoms with Gasteiger partial charge in [-0.25, -0.2) is 8.78 Å². The normalized spacial score (nSPS) is 15.5. The summed E-state index contributed by atoms with van der Waals surface area (Å²) in [6.45, 7) is 4.27. The van der Waals surface area contributed by atoms with Crippen LogP contribution in [0.4, 0.5) is 8.78 Å². The van der Waals surface area contributed by atoms with Crippen LogP contribution in [0.25, 0.3) is 6.08 Å². The van der Waals surface area contributed by atoms with Crippen molar-refractivity contribution >= 4 is 6.08 Å². The van der Waals surface area contributed by atoms with Crippen LogP contribution < -0.4 is 4.74 Å². The van der Waals surface area contributed by atoms with Crippen LogP contribution >= 0.6 is 0 Å². The van der Waals surface area contributed by atoms with Gasteiger partial charge in [0.2, 0.25) is 0 Å². The zero-order chi connectivity index (χ0) is 20.2. The molecule has 0 heterocycles. The van der Waals surface area contributed by atoms with E-state index < -0.39 is 11.4 Å². The smallest absolute Gasteiger partial charge is 0.125 e. The molecule has 2 unspecified atom stereocenters. The highest BCUT2D eigenvalue weighted by molar-refractivity contribution is 5.57. The lowest BCUT2D eigenvalue weighted by Gasteiger charge is -2.38. The Morgan fingerprint density at radius 1 is 1.15 bits per heavy atom. The van der Waals surface area contributed by atoms with Gasteiger partial charge >= 0.3 is 0 Å². The Morgan fingerprint density at radius 2 is 1.74 bits per heavy atom. The summed E-state index contributed by atoms with van der Waals surface area (Å²) in [7, 11) is 5.32. The average Bonchev–Trinajstić information content (AvgIpc) is 2.62. The van der Waals surface area contributed by atoms with E-state index in [0.29, 0.717) is 23.4 Å². The topological polar surface area (TPSA) is 32.7 Å². The second-order valence-electron chi connectivity index (χ2n) is 7.15. The largest absolute Gasteiger partial charge is 0.496 e. The van der Waals surface area contributed by atoms with Crippen LogP contribution in [-0.2, 0) is 5.60 Å². The number of benzene rings is 2. The maximum atomic E-state index is 14.0. The number of hydrogen-bond donors (Lipinski definition) is 1. The summed E-state index contributed by atoms with van der Waals surface area (Å²) in [4.78, 5) is 1.96. The zero-order valence-electron chi connectivity index (χ0n) is 16.5. The highest BCUT2D eigenvalue weighted by Gasteiger charge is 2.40. The molecule has 0 saturated carbocycles. The molecular weight excluding hydrogens is 348 g/mol. The standard InChI is InChI=1S/C22H27F2NO2/c1-15(12-17-6-8-18(23)9-7-17)22(26,16(2)14-25(3)4)20-13-19(24)10-11-21(20)27-5/h6-13,16,26H,14H2,1-5H3. The van der Waals surface area contributed by atoms with Gasteiger partial charge in [0.1, 0.15) is 23.0 Å². The minimum atomic E-state index is -1.47. The predicted molar refractivity (Wildman–Crippen MR) is 105 cm³/mol. The number of rotatable bonds is 7. The van der Waals surface area contributed by atoms with Crippen molar-refractivity contribution in [1.29, 1.82) is 0 Å². The van der Waals surface area contributed by atoms with Gasteiger partial charge in [-0.05, 0) is 62.5 Å². The van der Waals surface area contributed by atoms with Crippen molar-refractivity contribution in [3.63, 3.8) is 0 Å². The Morgan fingerprint density at radius 3 is 2.30 bits per heavy atom. The Balaban J connectivity index is 2.63. The van der Waals surface area contributed by atoms with E-state index in [2.05, 4.69) is 0 Å². The maximum Gasteiger partial charge on any atom is 0.125 e. The molecule has 0 spiro atoms. The van der Waals surface area contributed by atoms with Gasteiger partial charge < -0.3 is 14.7 Å². The third-order valence-corrected chi connectivity index (χ3v) is 4.78. The van der Waals surface area contributed by atoms with Gasteiger partial charge in [-0.3, -0.25) is 0 Å². The lowest BCUT2D eigenvalue weighted by atomic mass is 9.75. The van der Waals surface area contributed by atoms with Crippen LogP contribution in [0.5, 0.6) is 5.75 Å². The summed E-state index contributed by atoms with van der Waals surface area (Å²) >= 11 is 0. The van der Waals surface area contributed by atoms with E-state index in [9.17, 15) is 13.9 Å². The van der Waals surface area contributed by atoms with Crippen molar-refractivity contribution in [1.82, 2.24) is 4.90 Å². The lowest BCUT2D eigenvalue weighted by Crippen LogP contribution is -2.40. The van der Waals surface area contributed by atoms with Gasteiger partial charge in [0, 0.05) is 18.0 Å². The molecule has 27 heavy (non-hydrogen) atoms. The minimum absolute atomic E-state index is 0.264. The molecule has 0 aliphatic carbocycles. The first-order chi connectivity index (χ1) is 12.7. The monoisotopic (exact) mass is 375 g/mol. The minimum Gasteiger partial charge on any atom is -0.496 e. The van der Waals surface area contributed by atoms with Crippen molar-refractivity contribution in [3.8, 4) is 5.75 Å². The molecule has 146 valence electrons. The molecule has 2 rings (SSSR count). The van der Waals surface area contributed by atoms with Crippen LogP contribution in [0, 0.1) is 17.6 Å². The van der Waals surface area contributed by atoms with Crippen LogP contribution in [0.15, 0.2) is 48.0 Å². The fraction of sp³-hybridized carbons (Fsp3) is 0.364. The number of nitrogens with zero attached hydrogens (tertiary/aromatic N) is 1. The molecule has 0 radical (unpaired) electrons. The van der Waals surface area contributed by atoms with E-state index in [1.807, 2.05) is 25.9 Å². The number of aliphatic hydroxyl groups is 1. The van der Waals surface area contributed by atoms with Gasteiger partial charge in [-0.1, -0.05) is 25.1 Å². The van der Waals surface area contributed by atoms with Gasteiger partial charge in [-0.2, -0.15) is 0 Å². The molecule has 2 aromatic carbocycles. The Kier molecular flexibility index (Phi) is 6.73. The van der Waals surface area contributed by atoms with E-state index in [0.717, 1.165) is 5.56 Å². The van der Waals surface area contributed by atoms with Crippen molar-refractivity contribution in [2.24, 2.45) is 5.92 Å². The average molecular weight is 375 g/mol. The van der Waals surface area contributed by atoms with Crippen LogP contribution in [0.2, 0.25) is 0 Å². The van der Waals surface area contributed by atoms with Crippen LogP contribution in [-0.4, -0.2) is 37.8 Å². The molecule has 0 amide bonds. The predicted octanol–water partition coefficient (Wildman–Crippen LogP) is 4.46. The molecule has 2 atom stereocenters. The molecule has 0 aliphatic rings. The first kappa shape index (κ1) is 21.1. The number of methoxy groups -OCH3 is 1. The first-order valence-corrected chi connectivity index (χ1v) is 8.84. The summed E-state index contributed by atoms with van der Waals surface area (Å²) in [5.41, 5.74) is 0.272. The van der Waals surface area contributed by atoms with E-state index in [1.54, 1.807) is 25.1 Å². The summed E-state index contributed by atoms with van der Waals surface area (Å²) < 4.78 is 32.6. The third-order valence-electron chi connectivity index (χ3n) is 4.78. The Bertz CT molecular complexity index is 802. The molecule has 0 fully saturated rings. The highest BCUT2D eigenvalue weighted by atomic mass is 19.1. The van der Waals surface area contributed by atoms with E-state index in [-0.39, 0.29) is 11.7 Å². The third kappa shape index (κ3) is 4.73. The lowest BCUT2D eigenvalue weighted by molar-refractivity contribution is 0.00830. The molecule has 1 N–H and O–H groups in total. The second kappa shape index (κ2) is 8.63. The maximum absolute atomic E-state index is 14.0. The van der Waals surface area contributed by atoms with Gasteiger partial charge in [0.15, 0.2) is 0 Å². The van der Waals surface area contributed by atoms with E-state index in [4.69, 9.17) is 4.74 Å². The molecule has 0 saturated heterocycles. The van der Waals surface area contributed by atoms with Gasteiger partial charge in [-0.15, -0.1) is 0 Å². The Hall–Kier alpha value is -2.24. The number of ether oxygens (including phenoxy) is 1. The molecule has 0 aliphatic heterocycles. The first-order valence-electron chi connectivity index (χ1n) is 8.84. The molecular formula is C22H27F2NO2. The fourth-order valence-corrected chi connectivity index (χ4v) is 3.44. The van der Waals surface area contributed by atoms with E-state index in [1.165, 1.54) is 37.4 Å². The molecule has 0 bridgehead atoms. The van der Waals surface area contributed by atoms with Crippen LogP contribution in [0.3, 0.4) is 0 Å². The quantitative estimate of drug-likeness (QED) is 0.775.